The van der Waals surface area contributed by atoms with Crippen LogP contribution in [0.2, 0.25) is 10.0 Å². The average molecular weight is 537 g/mol. The van der Waals surface area contributed by atoms with E-state index in [2.05, 4.69) is 21.2 Å². The SMILES string of the molecule is CCOc1cc([C@@H]2NC(=O)NC(C)=C2C(=O)OC)ccc1OC[C@H](O)N/N=C/c1c(Cl)cccc1Cl. The molecule has 36 heavy (non-hydrogen) atoms. The summed E-state index contributed by atoms with van der Waals surface area (Å²) in [5, 5.41) is 20.3. The van der Waals surface area contributed by atoms with E-state index in [1.165, 1.54) is 13.3 Å². The number of amides is 2. The first-order valence-corrected chi connectivity index (χ1v) is 11.7. The molecule has 0 aromatic heterocycles. The van der Waals surface area contributed by atoms with Gasteiger partial charge >= 0.3 is 12.0 Å². The van der Waals surface area contributed by atoms with Gasteiger partial charge in [0.1, 0.15) is 6.61 Å². The second-order valence-corrected chi connectivity index (χ2v) is 8.36. The molecular weight excluding hydrogens is 511 g/mol. The number of rotatable bonds is 10. The maximum absolute atomic E-state index is 12.3. The number of benzene rings is 2. The fourth-order valence-electron chi connectivity index (χ4n) is 3.44. The highest BCUT2D eigenvalue weighted by Crippen LogP contribution is 2.35. The second-order valence-electron chi connectivity index (χ2n) is 7.55. The van der Waals surface area contributed by atoms with Gasteiger partial charge in [-0.2, -0.15) is 5.10 Å². The zero-order chi connectivity index (χ0) is 26.2. The van der Waals surface area contributed by atoms with Crippen LogP contribution in [0.25, 0.3) is 0 Å². The molecule has 1 aliphatic rings. The first-order valence-electron chi connectivity index (χ1n) is 10.9. The van der Waals surface area contributed by atoms with Crippen molar-refractivity contribution in [3.8, 4) is 11.5 Å². The van der Waals surface area contributed by atoms with Gasteiger partial charge in [0, 0.05) is 11.3 Å². The number of nitrogens with one attached hydrogen (secondary N) is 3. The number of carbonyl (C=O) groups excluding carboxylic acids is 2. The van der Waals surface area contributed by atoms with Crippen molar-refractivity contribution in [3.63, 3.8) is 0 Å². The number of aliphatic hydroxyl groups excluding tert-OH is 1. The number of halogens is 2. The number of allylic oxidation sites excluding steroid dienone is 1. The third kappa shape index (κ3) is 6.60. The lowest BCUT2D eigenvalue weighted by Crippen LogP contribution is -2.45. The molecule has 2 atom stereocenters. The molecular formula is C24H26Cl2N4O6. The second kappa shape index (κ2) is 12.5. The lowest BCUT2D eigenvalue weighted by molar-refractivity contribution is -0.136. The Morgan fingerprint density at radius 3 is 2.61 bits per heavy atom. The largest absolute Gasteiger partial charge is 0.490 e. The highest BCUT2D eigenvalue weighted by Gasteiger charge is 2.32. The van der Waals surface area contributed by atoms with Gasteiger partial charge in [-0.05, 0) is 43.7 Å². The molecule has 0 spiro atoms. The number of aliphatic hydroxyl groups is 1. The minimum atomic E-state index is -1.16. The van der Waals surface area contributed by atoms with Gasteiger partial charge in [0.05, 0.1) is 41.6 Å². The monoisotopic (exact) mass is 536 g/mol. The third-order valence-corrected chi connectivity index (χ3v) is 5.75. The van der Waals surface area contributed by atoms with Gasteiger partial charge in [-0.1, -0.05) is 35.3 Å². The van der Waals surface area contributed by atoms with Crippen LogP contribution in [0.15, 0.2) is 52.8 Å². The number of hydrazone groups is 1. The zero-order valence-electron chi connectivity index (χ0n) is 19.8. The topological polar surface area (TPSA) is 131 Å². The Morgan fingerprint density at radius 2 is 1.94 bits per heavy atom. The van der Waals surface area contributed by atoms with Crippen LogP contribution in [-0.2, 0) is 9.53 Å². The third-order valence-electron chi connectivity index (χ3n) is 5.09. The Kier molecular flexibility index (Phi) is 9.40. The average Bonchev–Trinajstić information content (AvgIpc) is 2.84. The van der Waals surface area contributed by atoms with Gasteiger partial charge in [0.15, 0.2) is 17.7 Å². The van der Waals surface area contributed by atoms with Crippen molar-refractivity contribution < 1.29 is 28.9 Å². The molecule has 0 saturated carbocycles. The highest BCUT2D eigenvalue weighted by atomic mass is 35.5. The van der Waals surface area contributed by atoms with E-state index in [4.69, 9.17) is 37.4 Å². The standard InChI is InChI=1S/C24H26Cl2N4O6/c1-4-35-19-10-14(22-21(23(32)34-3)13(2)28-24(33)29-22)8-9-18(19)36-12-20(31)30-27-11-15-16(25)6-5-7-17(15)26/h5-11,20,22,30-31H,4,12H2,1-3H3,(H2,28,29,33)/b27-11+/t20-,22-/m0/s1. The predicted octanol–water partition coefficient (Wildman–Crippen LogP) is 3.51. The van der Waals surface area contributed by atoms with Crippen LogP contribution in [0.1, 0.15) is 31.0 Å². The van der Waals surface area contributed by atoms with Crippen LogP contribution < -0.4 is 25.5 Å². The summed E-state index contributed by atoms with van der Waals surface area (Å²) in [4.78, 5) is 24.4. The van der Waals surface area contributed by atoms with Gasteiger partial charge in [-0.3, -0.25) is 5.43 Å². The lowest BCUT2D eigenvalue weighted by atomic mass is 9.95. The Bertz CT molecular complexity index is 1170. The molecule has 0 radical (unpaired) electrons. The molecule has 3 rings (SSSR count). The van der Waals surface area contributed by atoms with Gasteiger partial charge in [0.2, 0.25) is 0 Å². The van der Waals surface area contributed by atoms with Gasteiger partial charge in [0.25, 0.3) is 0 Å². The van der Waals surface area contributed by atoms with Crippen molar-refractivity contribution in [1.29, 1.82) is 0 Å². The number of ether oxygens (including phenoxy) is 3. The molecule has 0 bridgehead atoms. The molecule has 10 nitrogen and oxygen atoms in total. The molecule has 2 aromatic carbocycles. The fraction of sp³-hybridized carbons (Fsp3) is 0.292. The number of esters is 1. The highest BCUT2D eigenvalue weighted by molar-refractivity contribution is 6.38. The summed E-state index contributed by atoms with van der Waals surface area (Å²) in [7, 11) is 1.27. The number of hydrogen-bond acceptors (Lipinski definition) is 8. The minimum absolute atomic E-state index is 0.163. The Balaban J connectivity index is 1.72. The first kappa shape index (κ1) is 27.1. The molecule has 4 N–H and O–H groups in total. The summed E-state index contributed by atoms with van der Waals surface area (Å²) in [5.74, 6) is 0.138. The van der Waals surface area contributed by atoms with E-state index in [1.807, 2.05) is 0 Å². The van der Waals surface area contributed by atoms with Crippen molar-refractivity contribution in [2.75, 3.05) is 20.3 Å². The van der Waals surface area contributed by atoms with E-state index >= 15 is 0 Å². The molecule has 0 fully saturated rings. The van der Waals surface area contributed by atoms with E-state index in [0.29, 0.717) is 45.0 Å². The van der Waals surface area contributed by atoms with Crippen LogP contribution in [0.4, 0.5) is 4.79 Å². The van der Waals surface area contributed by atoms with Crippen LogP contribution in [0.3, 0.4) is 0 Å². The number of methoxy groups -OCH3 is 1. The Labute approximate surface area is 218 Å². The van der Waals surface area contributed by atoms with E-state index in [9.17, 15) is 14.7 Å². The van der Waals surface area contributed by atoms with Crippen molar-refractivity contribution in [2.45, 2.75) is 26.1 Å². The maximum atomic E-state index is 12.3. The quantitative estimate of drug-likeness (QED) is 0.158. The van der Waals surface area contributed by atoms with Gasteiger partial charge in [-0.15, -0.1) is 0 Å². The van der Waals surface area contributed by atoms with Crippen LogP contribution >= 0.6 is 23.2 Å². The van der Waals surface area contributed by atoms with Gasteiger partial charge in [-0.25, -0.2) is 9.59 Å². The number of urea groups is 1. The molecule has 2 amide bonds. The van der Waals surface area contributed by atoms with Crippen LogP contribution in [0, 0.1) is 0 Å². The molecule has 1 aliphatic heterocycles. The number of hydrogen-bond donors (Lipinski definition) is 4. The van der Waals surface area contributed by atoms with Crippen molar-refractivity contribution in [3.05, 3.63) is 68.8 Å². The predicted molar refractivity (Wildman–Crippen MR) is 135 cm³/mol. The fourth-order valence-corrected chi connectivity index (χ4v) is 3.94. The van der Waals surface area contributed by atoms with Crippen molar-refractivity contribution >= 4 is 41.4 Å². The van der Waals surface area contributed by atoms with E-state index in [0.717, 1.165) is 0 Å². The van der Waals surface area contributed by atoms with Gasteiger partial charge < -0.3 is 30.0 Å². The van der Waals surface area contributed by atoms with Crippen molar-refractivity contribution in [1.82, 2.24) is 16.1 Å². The lowest BCUT2D eigenvalue weighted by Gasteiger charge is -2.28. The molecule has 0 unspecified atom stereocenters. The van der Waals surface area contributed by atoms with E-state index in [-0.39, 0.29) is 12.2 Å². The molecule has 2 aromatic rings. The van der Waals surface area contributed by atoms with E-state index in [1.54, 1.807) is 50.2 Å². The van der Waals surface area contributed by atoms with Crippen molar-refractivity contribution in [2.24, 2.45) is 5.10 Å². The molecule has 1 heterocycles. The summed E-state index contributed by atoms with van der Waals surface area (Å²) in [6.45, 7) is 3.59. The zero-order valence-corrected chi connectivity index (χ0v) is 21.3. The molecule has 12 heteroatoms. The minimum Gasteiger partial charge on any atom is -0.490 e. The summed E-state index contributed by atoms with van der Waals surface area (Å²) in [6, 6.07) is 8.82. The van der Waals surface area contributed by atoms with E-state index < -0.39 is 24.3 Å². The summed E-state index contributed by atoms with van der Waals surface area (Å²) < 4.78 is 16.3. The first-order chi connectivity index (χ1) is 17.2. The smallest absolute Gasteiger partial charge is 0.337 e. The summed E-state index contributed by atoms with van der Waals surface area (Å²) >= 11 is 12.2. The Morgan fingerprint density at radius 1 is 1.22 bits per heavy atom. The molecule has 0 aliphatic carbocycles. The van der Waals surface area contributed by atoms with Crippen LogP contribution in [-0.4, -0.2) is 49.9 Å². The summed E-state index contributed by atoms with van der Waals surface area (Å²) in [5.41, 5.74) is 4.29. The number of nitrogens with zero attached hydrogens (tertiary/aromatic N) is 1. The number of carbonyl (C=O) groups is 2. The summed E-state index contributed by atoms with van der Waals surface area (Å²) in [6.07, 6.45) is 0.243. The Hall–Kier alpha value is -3.47. The maximum Gasteiger partial charge on any atom is 0.337 e. The molecule has 0 saturated heterocycles. The normalized spacial score (nSPS) is 16.3. The van der Waals surface area contributed by atoms with Crippen LogP contribution in [0.5, 0.6) is 11.5 Å². The molecule has 192 valence electrons.